The maximum Gasteiger partial charge on any atom is 0.205 e. The highest BCUT2D eigenvalue weighted by Gasteiger charge is 2.49. The maximum absolute atomic E-state index is 5.94. The molecule has 1 spiro atoms. The number of aromatic nitrogens is 4. The van der Waals surface area contributed by atoms with Crippen LogP contribution in [0.2, 0.25) is 0 Å². The molecule has 5 nitrogen and oxygen atoms in total. The fourth-order valence-electron chi connectivity index (χ4n) is 3.46. The lowest BCUT2D eigenvalue weighted by atomic mass is 9.54. The third-order valence-corrected chi connectivity index (χ3v) is 5.04. The van der Waals surface area contributed by atoms with Crippen LogP contribution in [0.15, 0.2) is 18.2 Å². The Hall–Kier alpha value is -1.91. The van der Waals surface area contributed by atoms with Crippen LogP contribution in [-0.2, 0) is 0 Å². The number of hydrogen-bond acceptors (Lipinski definition) is 4. The van der Waals surface area contributed by atoms with E-state index in [0.717, 1.165) is 16.8 Å². The predicted octanol–water partition coefficient (Wildman–Crippen LogP) is 2.74. The summed E-state index contributed by atoms with van der Waals surface area (Å²) in [4.78, 5) is 1.80. The highest BCUT2D eigenvalue weighted by molar-refractivity contribution is 5.62. The van der Waals surface area contributed by atoms with Gasteiger partial charge in [-0.05, 0) is 54.9 Å². The van der Waals surface area contributed by atoms with E-state index >= 15 is 0 Å². The van der Waals surface area contributed by atoms with E-state index in [4.69, 9.17) is 5.73 Å². The molecule has 0 aliphatic heterocycles. The molecule has 2 aromatic rings. The first-order valence-electron chi connectivity index (χ1n) is 7.31. The fourth-order valence-corrected chi connectivity index (χ4v) is 3.46. The molecule has 2 saturated carbocycles. The molecule has 0 radical (unpaired) electrons. The molecule has 0 unspecified atom stereocenters. The minimum Gasteiger partial charge on any atom is -0.398 e. The van der Waals surface area contributed by atoms with Crippen molar-refractivity contribution in [3.8, 4) is 11.4 Å². The van der Waals surface area contributed by atoms with E-state index in [1.807, 2.05) is 25.1 Å². The molecule has 5 heteroatoms. The lowest BCUT2D eigenvalue weighted by molar-refractivity contribution is -0.0279. The quantitative estimate of drug-likeness (QED) is 0.851. The molecule has 0 atom stereocenters. The molecule has 2 aliphatic rings. The lowest BCUT2D eigenvalue weighted by Crippen LogP contribution is -2.44. The number of rotatable bonds is 2. The number of nitrogens with zero attached hydrogens (tertiary/aromatic N) is 4. The van der Waals surface area contributed by atoms with Gasteiger partial charge in [0.1, 0.15) is 0 Å². The molecule has 20 heavy (non-hydrogen) atoms. The summed E-state index contributed by atoms with van der Waals surface area (Å²) in [7, 11) is 0. The summed E-state index contributed by atoms with van der Waals surface area (Å²) < 4.78 is 0. The Bertz CT molecular complexity index is 648. The van der Waals surface area contributed by atoms with Crippen LogP contribution in [0.5, 0.6) is 0 Å². The summed E-state index contributed by atoms with van der Waals surface area (Å²) in [6, 6.07) is 6.36. The standard InChI is InChI=1S/C15H19N5/c1-10-3-4-11(7-13(10)16)14-17-19-20(18-14)12-8-15(9-12)5-2-6-15/h3-4,7,12H,2,5-6,8-9,16H2,1H3. The fraction of sp³-hybridized carbons (Fsp3) is 0.533. The Morgan fingerprint density at radius 3 is 2.75 bits per heavy atom. The van der Waals surface area contributed by atoms with E-state index < -0.39 is 0 Å². The van der Waals surface area contributed by atoms with E-state index in [1.165, 1.54) is 32.1 Å². The predicted molar refractivity (Wildman–Crippen MR) is 77.0 cm³/mol. The number of hydrogen-bond donors (Lipinski definition) is 1. The summed E-state index contributed by atoms with van der Waals surface area (Å²) in [5.41, 5.74) is 9.36. The van der Waals surface area contributed by atoms with Gasteiger partial charge in [0.05, 0.1) is 6.04 Å². The van der Waals surface area contributed by atoms with Crippen LogP contribution >= 0.6 is 0 Å². The average molecular weight is 269 g/mol. The van der Waals surface area contributed by atoms with Gasteiger partial charge in [0, 0.05) is 11.3 Å². The Kier molecular flexibility index (Phi) is 2.40. The molecule has 2 fully saturated rings. The molecule has 2 N–H and O–H groups in total. The zero-order chi connectivity index (χ0) is 13.7. The van der Waals surface area contributed by atoms with Crippen LogP contribution in [0.4, 0.5) is 5.69 Å². The summed E-state index contributed by atoms with van der Waals surface area (Å²) >= 11 is 0. The second-order valence-corrected chi connectivity index (χ2v) is 6.42. The van der Waals surface area contributed by atoms with E-state index in [2.05, 4.69) is 15.4 Å². The Morgan fingerprint density at radius 2 is 2.10 bits per heavy atom. The van der Waals surface area contributed by atoms with Gasteiger partial charge in [-0.25, -0.2) is 0 Å². The van der Waals surface area contributed by atoms with E-state index in [0.29, 0.717) is 17.3 Å². The molecule has 0 bridgehead atoms. The number of aryl methyl sites for hydroxylation is 1. The first kappa shape index (κ1) is 11.9. The lowest BCUT2D eigenvalue weighted by Gasteiger charge is -2.53. The van der Waals surface area contributed by atoms with Crippen molar-refractivity contribution < 1.29 is 0 Å². The van der Waals surface area contributed by atoms with Gasteiger partial charge in [0.2, 0.25) is 5.82 Å². The minimum absolute atomic E-state index is 0.444. The number of nitrogen functional groups attached to an aromatic ring is 1. The Morgan fingerprint density at radius 1 is 1.30 bits per heavy atom. The van der Waals surface area contributed by atoms with Crippen LogP contribution in [0.25, 0.3) is 11.4 Å². The van der Waals surface area contributed by atoms with Crippen molar-refractivity contribution in [3.05, 3.63) is 23.8 Å². The van der Waals surface area contributed by atoms with Crippen LogP contribution in [-0.4, -0.2) is 20.2 Å². The number of tetrazole rings is 1. The Labute approximate surface area is 118 Å². The van der Waals surface area contributed by atoms with Crippen molar-refractivity contribution in [1.29, 1.82) is 0 Å². The number of benzene rings is 1. The molecule has 104 valence electrons. The van der Waals surface area contributed by atoms with Gasteiger partial charge in [0.25, 0.3) is 0 Å². The Balaban J connectivity index is 1.54. The monoisotopic (exact) mass is 269 g/mol. The van der Waals surface area contributed by atoms with Gasteiger partial charge in [-0.2, -0.15) is 4.80 Å². The third kappa shape index (κ3) is 1.72. The maximum atomic E-state index is 5.94. The average Bonchev–Trinajstić information content (AvgIpc) is 2.78. The molecular weight excluding hydrogens is 250 g/mol. The highest BCUT2D eigenvalue weighted by Crippen LogP contribution is 2.60. The van der Waals surface area contributed by atoms with Gasteiger partial charge < -0.3 is 5.73 Å². The topological polar surface area (TPSA) is 69.6 Å². The molecule has 2 aliphatic carbocycles. The van der Waals surface area contributed by atoms with Crippen molar-refractivity contribution >= 4 is 5.69 Å². The summed E-state index contributed by atoms with van der Waals surface area (Å²) in [6.45, 7) is 2.00. The highest BCUT2D eigenvalue weighted by atomic mass is 15.6. The van der Waals surface area contributed by atoms with E-state index in [9.17, 15) is 0 Å². The molecule has 1 heterocycles. The van der Waals surface area contributed by atoms with Gasteiger partial charge >= 0.3 is 0 Å². The normalized spacial score (nSPS) is 20.6. The van der Waals surface area contributed by atoms with E-state index in [1.54, 1.807) is 4.80 Å². The van der Waals surface area contributed by atoms with Crippen molar-refractivity contribution in [2.75, 3.05) is 5.73 Å². The first-order valence-corrected chi connectivity index (χ1v) is 7.31. The molecule has 1 aromatic heterocycles. The minimum atomic E-state index is 0.444. The second-order valence-electron chi connectivity index (χ2n) is 6.42. The third-order valence-electron chi connectivity index (χ3n) is 5.04. The van der Waals surface area contributed by atoms with Crippen LogP contribution in [0.1, 0.15) is 43.7 Å². The smallest absolute Gasteiger partial charge is 0.205 e. The summed E-state index contributed by atoms with van der Waals surface area (Å²) in [5, 5.41) is 12.9. The van der Waals surface area contributed by atoms with Crippen LogP contribution < -0.4 is 5.73 Å². The van der Waals surface area contributed by atoms with Gasteiger partial charge in [-0.1, -0.05) is 18.6 Å². The van der Waals surface area contributed by atoms with Crippen LogP contribution in [0.3, 0.4) is 0 Å². The first-order chi connectivity index (χ1) is 9.65. The molecule has 1 aromatic carbocycles. The molecule has 0 saturated heterocycles. The molecule has 4 rings (SSSR count). The van der Waals surface area contributed by atoms with Gasteiger partial charge in [0.15, 0.2) is 0 Å². The number of anilines is 1. The van der Waals surface area contributed by atoms with Crippen molar-refractivity contribution in [1.82, 2.24) is 20.2 Å². The van der Waals surface area contributed by atoms with Crippen molar-refractivity contribution in [2.24, 2.45) is 5.41 Å². The SMILES string of the molecule is Cc1ccc(-c2nnn(C3CC4(CCC4)C3)n2)cc1N. The number of nitrogens with two attached hydrogens (primary N) is 1. The summed E-state index contributed by atoms with van der Waals surface area (Å²) in [6.07, 6.45) is 6.61. The zero-order valence-electron chi connectivity index (χ0n) is 11.7. The largest absolute Gasteiger partial charge is 0.398 e. The van der Waals surface area contributed by atoms with Crippen LogP contribution in [0, 0.1) is 12.3 Å². The van der Waals surface area contributed by atoms with Gasteiger partial charge in [-0.3, -0.25) is 0 Å². The summed E-state index contributed by atoms with van der Waals surface area (Å²) in [5.74, 6) is 0.672. The molecule has 0 amide bonds. The van der Waals surface area contributed by atoms with Crippen molar-refractivity contribution in [3.63, 3.8) is 0 Å². The zero-order valence-corrected chi connectivity index (χ0v) is 11.7. The van der Waals surface area contributed by atoms with E-state index in [-0.39, 0.29) is 0 Å². The second kappa shape index (κ2) is 4.04. The van der Waals surface area contributed by atoms with Gasteiger partial charge in [-0.15, -0.1) is 10.2 Å². The molecular formula is C15H19N5. The van der Waals surface area contributed by atoms with Crippen molar-refractivity contribution in [2.45, 2.75) is 45.1 Å².